The normalized spacial score (nSPS) is 10.7. The van der Waals surface area contributed by atoms with Crippen LogP contribution in [0.5, 0.6) is 0 Å². The minimum atomic E-state index is 0. The topological polar surface area (TPSA) is 0 Å². The van der Waals surface area contributed by atoms with Crippen molar-refractivity contribution in [1.29, 1.82) is 0 Å². The fraction of sp³-hybridized carbons (Fsp3) is 0.467. The monoisotopic (exact) mass is 208 g/mol. The van der Waals surface area contributed by atoms with Gasteiger partial charge in [0.2, 0.25) is 0 Å². The van der Waals surface area contributed by atoms with E-state index in [0.29, 0.717) is 0 Å². The molecule has 0 saturated heterocycles. The molecule has 0 amide bonds. The van der Waals surface area contributed by atoms with Gasteiger partial charge >= 0.3 is 0 Å². The lowest BCUT2D eigenvalue weighted by atomic mass is 9.96. The van der Waals surface area contributed by atoms with Crippen molar-refractivity contribution in [3.8, 4) is 0 Å². The summed E-state index contributed by atoms with van der Waals surface area (Å²) in [7, 11) is 0. The van der Waals surface area contributed by atoms with Crippen LogP contribution < -0.4 is 0 Å². The predicted octanol–water partition coefficient (Wildman–Crippen LogP) is 5.50. The van der Waals surface area contributed by atoms with E-state index >= 15 is 0 Å². The van der Waals surface area contributed by atoms with Gasteiger partial charge in [0.05, 0.1) is 0 Å². The van der Waals surface area contributed by atoms with Crippen LogP contribution in [0.25, 0.3) is 6.08 Å². The van der Waals surface area contributed by atoms with Crippen LogP contribution in [0.3, 0.4) is 0 Å². The summed E-state index contributed by atoms with van der Waals surface area (Å²) in [6.07, 6.45) is 6.89. The Kier molecular flexibility index (Phi) is 10.8. The van der Waals surface area contributed by atoms with Crippen molar-refractivity contribution in [2.24, 2.45) is 0 Å². The fourth-order valence-corrected chi connectivity index (χ4v) is 1.56. The molecule has 88 valence electrons. The van der Waals surface area contributed by atoms with Crippen molar-refractivity contribution in [3.05, 3.63) is 41.0 Å². The summed E-state index contributed by atoms with van der Waals surface area (Å²) in [6.45, 7) is 2.15. The zero-order valence-corrected chi connectivity index (χ0v) is 6.80. The number of hydrogen-bond acceptors (Lipinski definition) is 0. The average molecular weight is 208 g/mol. The second-order valence-electron chi connectivity index (χ2n) is 3.14. The molecule has 0 atom stereocenters. The van der Waals surface area contributed by atoms with E-state index in [1.165, 1.54) is 29.5 Å². The van der Waals surface area contributed by atoms with Gasteiger partial charge in [-0.3, -0.25) is 0 Å². The third-order valence-corrected chi connectivity index (χ3v) is 2.18. The van der Waals surface area contributed by atoms with Gasteiger partial charge in [-0.2, -0.15) is 0 Å². The molecule has 0 spiro atoms. The van der Waals surface area contributed by atoms with Gasteiger partial charge < -0.3 is 0 Å². The summed E-state index contributed by atoms with van der Waals surface area (Å²) in [5, 5.41) is 0. The van der Waals surface area contributed by atoms with E-state index in [1.807, 2.05) is 0 Å². The zero-order valence-electron chi connectivity index (χ0n) is 6.80. The van der Waals surface area contributed by atoms with Crippen LogP contribution in [-0.4, -0.2) is 0 Å². The maximum atomic E-state index is 2.29. The molecular formula is C15H28. The Balaban J connectivity index is -0.000000360. The molecule has 0 fully saturated rings. The van der Waals surface area contributed by atoms with Gasteiger partial charge in [0.1, 0.15) is 0 Å². The first-order valence-corrected chi connectivity index (χ1v) is 4.12. The minimum Gasteiger partial charge on any atom is -0.0836 e. The van der Waals surface area contributed by atoms with Gasteiger partial charge in [-0.25, -0.2) is 0 Å². The molecule has 0 bridgehead atoms. The highest BCUT2D eigenvalue weighted by molar-refractivity contribution is 5.56. The van der Waals surface area contributed by atoms with Crippen LogP contribution in [0.4, 0.5) is 0 Å². The van der Waals surface area contributed by atoms with Gasteiger partial charge in [0.25, 0.3) is 0 Å². The summed E-state index contributed by atoms with van der Waals surface area (Å²) in [4.78, 5) is 0. The number of rotatable bonds is 0. The summed E-state index contributed by atoms with van der Waals surface area (Å²) in [5.41, 5.74) is 4.29. The van der Waals surface area contributed by atoms with E-state index in [0.717, 1.165) is 0 Å². The van der Waals surface area contributed by atoms with Gasteiger partial charge in [-0.1, -0.05) is 65.6 Å². The van der Waals surface area contributed by atoms with Crippen LogP contribution in [0.1, 0.15) is 52.8 Å². The Morgan fingerprint density at radius 1 is 1.00 bits per heavy atom. The SMILES string of the molecule is C.C.C.C.Cc1ccc2c(c1)CCC=C2. The summed E-state index contributed by atoms with van der Waals surface area (Å²) < 4.78 is 0. The Labute approximate surface area is 97.0 Å². The van der Waals surface area contributed by atoms with E-state index < -0.39 is 0 Å². The second-order valence-corrected chi connectivity index (χ2v) is 3.14. The molecule has 0 N–H and O–H groups in total. The molecule has 0 heteroatoms. The average Bonchev–Trinajstić information content (AvgIpc) is 2.04. The first kappa shape index (κ1) is 19.5. The molecule has 1 aliphatic carbocycles. The van der Waals surface area contributed by atoms with Gasteiger partial charge in [0.15, 0.2) is 0 Å². The molecule has 0 radical (unpaired) electrons. The lowest BCUT2D eigenvalue weighted by Crippen LogP contribution is -1.93. The maximum absolute atomic E-state index is 2.29. The third kappa shape index (κ3) is 4.33. The summed E-state index contributed by atoms with van der Waals surface area (Å²) >= 11 is 0. The Hall–Kier alpha value is -1.04. The number of hydrogen-bond donors (Lipinski definition) is 0. The lowest BCUT2D eigenvalue weighted by Gasteiger charge is -2.09. The van der Waals surface area contributed by atoms with E-state index in [2.05, 4.69) is 37.3 Å². The zero-order chi connectivity index (χ0) is 7.68. The number of aryl methyl sites for hydroxylation is 2. The molecule has 15 heavy (non-hydrogen) atoms. The second kappa shape index (κ2) is 8.28. The molecule has 0 saturated carbocycles. The van der Waals surface area contributed by atoms with Crippen LogP contribution in [0.2, 0.25) is 0 Å². The first-order chi connectivity index (χ1) is 5.36. The molecule has 1 aromatic carbocycles. The van der Waals surface area contributed by atoms with Crippen molar-refractivity contribution >= 4 is 6.08 Å². The van der Waals surface area contributed by atoms with Crippen molar-refractivity contribution in [2.75, 3.05) is 0 Å². The summed E-state index contributed by atoms with van der Waals surface area (Å²) in [5.74, 6) is 0. The molecule has 0 heterocycles. The smallest absolute Gasteiger partial charge is 0.0227 e. The highest BCUT2D eigenvalue weighted by atomic mass is 14.1. The van der Waals surface area contributed by atoms with Gasteiger partial charge in [-0.05, 0) is 30.9 Å². The standard InChI is InChI=1S/C11H12.4CH4/c1-9-6-7-10-4-2-3-5-11(10)8-9;;;;/h2,4,6-8H,3,5H2,1H3;4*1H4. The maximum Gasteiger partial charge on any atom is -0.0227 e. The highest BCUT2D eigenvalue weighted by Gasteiger charge is 2.02. The van der Waals surface area contributed by atoms with Crippen molar-refractivity contribution in [3.63, 3.8) is 0 Å². The largest absolute Gasteiger partial charge is 0.0836 e. The summed E-state index contributed by atoms with van der Waals surface area (Å²) in [6, 6.07) is 6.67. The van der Waals surface area contributed by atoms with Crippen molar-refractivity contribution in [2.45, 2.75) is 49.5 Å². The van der Waals surface area contributed by atoms with E-state index in [9.17, 15) is 0 Å². The first-order valence-electron chi connectivity index (χ1n) is 4.12. The molecule has 0 aromatic heterocycles. The number of allylic oxidation sites excluding steroid dienone is 1. The molecule has 0 nitrogen and oxygen atoms in total. The van der Waals surface area contributed by atoms with Gasteiger partial charge in [-0.15, -0.1) is 0 Å². The van der Waals surface area contributed by atoms with Crippen LogP contribution >= 0.6 is 0 Å². The number of benzene rings is 1. The third-order valence-electron chi connectivity index (χ3n) is 2.18. The van der Waals surface area contributed by atoms with E-state index in [4.69, 9.17) is 0 Å². The van der Waals surface area contributed by atoms with E-state index in [-0.39, 0.29) is 29.7 Å². The minimum absolute atomic E-state index is 0. The lowest BCUT2D eigenvalue weighted by molar-refractivity contribution is 0.982. The predicted molar refractivity (Wildman–Crippen MR) is 75.5 cm³/mol. The van der Waals surface area contributed by atoms with Crippen molar-refractivity contribution < 1.29 is 0 Å². The van der Waals surface area contributed by atoms with Crippen LogP contribution in [0.15, 0.2) is 24.3 Å². The molecule has 0 unspecified atom stereocenters. The van der Waals surface area contributed by atoms with Crippen LogP contribution in [-0.2, 0) is 6.42 Å². The Morgan fingerprint density at radius 2 is 1.67 bits per heavy atom. The molecule has 2 rings (SSSR count). The molecular weight excluding hydrogens is 180 g/mol. The van der Waals surface area contributed by atoms with Crippen molar-refractivity contribution in [1.82, 2.24) is 0 Å². The Bertz CT molecular complexity index is 295. The highest BCUT2D eigenvalue weighted by Crippen LogP contribution is 2.19. The number of fused-ring (bicyclic) bond motifs is 1. The van der Waals surface area contributed by atoms with Crippen LogP contribution in [0, 0.1) is 6.92 Å². The fourth-order valence-electron chi connectivity index (χ4n) is 1.56. The van der Waals surface area contributed by atoms with Gasteiger partial charge in [0, 0.05) is 0 Å². The molecule has 0 aliphatic heterocycles. The Morgan fingerprint density at radius 3 is 2.33 bits per heavy atom. The molecule has 1 aromatic rings. The molecule has 1 aliphatic rings. The van der Waals surface area contributed by atoms with E-state index in [1.54, 1.807) is 0 Å². The quantitative estimate of drug-likeness (QED) is 0.528.